The van der Waals surface area contributed by atoms with Crippen molar-refractivity contribution in [2.24, 2.45) is 4.99 Å². The van der Waals surface area contributed by atoms with Crippen LogP contribution in [0.15, 0.2) is 4.99 Å². The van der Waals surface area contributed by atoms with E-state index >= 15 is 0 Å². The minimum Gasteiger partial charge on any atom is -0.376 e. The smallest absolute Gasteiger partial charge is 0.193 e. The molecule has 150 valence electrons. The highest BCUT2D eigenvalue weighted by molar-refractivity contribution is 5.80. The number of aliphatic imine (C=N–C) groups is 1. The fourth-order valence-corrected chi connectivity index (χ4v) is 4.50. The van der Waals surface area contributed by atoms with E-state index in [0.29, 0.717) is 18.2 Å². The van der Waals surface area contributed by atoms with Crippen LogP contribution in [0.4, 0.5) is 0 Å². The Morgan fingerprint density at radius 3 is 2.65 bits per heavy atom. The maximum Gasteiger partial charge on any atom is 0.193 e. The van der Waals surface area contributed by atoms with Gasteiger partial charge in [-0.25, -0.2) is 0 Å². The fraction of sp³-hybridized carbons (Fsp3) is 0.950. The van der Waals surface area contributed by atoms with Crippen molar-refractivity contribution in [3.63, 3.8) is 0 Å². The molecule has 3 fully saturated rings. The summed E-state index contributed by atoms with van der Waals surface area (Å²) in [7, 11) is 1.90. The molecule has 0 aromatic heterocycles. The zero-order chi connectivity index (χ0) is 18.2. The highest BCUT2D eigenvalue weighted by Crippen LogP contribution is 2.19. The van der Waals surface area contributed by atoms with Crippen LogP contribution in [0.5, 0.6) is 0 Å². The van der Waals surface area contributed by atoms with E-state index in [1.54, 1.807) is 0 Å². The molecule has 2 unspecified atom stereocenters. The van der Waals surface area contributed by atoms with Gasteiger partial charge in [0.05, 0.1) is 18.8 Å². The van der Waals surface area contributed by atoms with Gasteiger partial charge in [-0.1, -0.05) is 6.92 Å². The SMILES string of the molecule is CCN1CCCC1CNC(=NC)N1CCC(OCC2CCCCO2)CC1. The van der Waals surface area contributed by atoms with Crippen LogP contribution in [-0.4, -0.2) is 87.0 Å². The Hall–Kier alpha value is -0.850. The predicted octanol–water partition coefficient (Wildman–Crippen LogP) is 2.10. The van der Waals surface area contributed by atoms with Crippen LogP contribution in [0.25, 0.3) is 0 Å². The maximum atomic E-state index is 6.14. The molecule has 3 heterocycles. The number of piperidine rings is 1. The molecule has 0 aliphatic carbocycles. The lowest BCUT2D eigenvalue weighted by Crippen LogP contribution is -2.50. The van der Waals surface area contributed by atoms with Gasteiger partial charge < -0.3 is 19.7 Å². The minimum absolute atomic E-state index is 0.323. The molecular weight excluding hydrogens is 328 g/mol. The summed E-state index contributed by atoms with van der Waals surface area (Å²) in [6.07, 6.45) is 9.14. The second-order valence-corrected chi connectivity index (χ2v) is 7.86. The number of guanidine groups is 1. The molecule has 0 amide bonds. The van der Waals surface area contributed by atoms with E-state index in [-0.39, 0.29) is 0 Å². The first-order valence-electron chi connectivity index (χ1n) is 10.7. The Kier molecular flexibility index (Phi) is 8.02. The second-order valence-electron chi connectivity index (χ2n) is 7.86. The van der Waals surface area contributed by atoms with Crippen LogP contribution in [0.1, 0.15) is 51.9 Å². The molecular formula is C20H38N4O2. The molecule has 0 spiro atoms. The maximum absolute atomic E-state index is 6.14. The molecule has 1 N–H and O–H groups in total. The number of ether oxygens (including phenoxy) is 2. The third-order valence-corrected chi connectivity index (χ3v) is 6.15. The lowest BCUT2D eigenvalue weighted by Gasteiger charge is -2.35. The van der Waals surface area contributed by atoms with Crippen LogP contribution in [0, 0.1) is 0 Å². The normalized spacial score (nSPS) is 29.3. The number of hydrogen-bond acceptors (Lipinski definition) is 4. The first-order chi connectivity index (χ1) is 12.8. The highest BCUT2D eigenvalue weighted by Gasteiger charge is 2.26. The molecule has 26 heavy (non-hydrogen) atoms. The molecule has 3 rings (SSSR count). The second kappa shape index (κ2) is 10.5. The Balaban J connectivity index is 1.35. The highest BCUT2D eigenvalue weighted by atomic mass is 16.5. The van der Waals surface area contributed by atoms with Crippen molar-refractivity contribution < 1.29 is 9.47 Å². The van der Waals surface area contributed by atoms with Gasteiger partial charge in [-0.3, -0.25) is 9.89 Å². The van der Waals surface area contributed by atoms with Crippen molar-refractivity contribution in [2.45, 2.75) is 70.1 Å². The number of nitrogens with one attached hydrogen (secondary N) is 1. The van der Waals surface area contributed by atoms with Gasteiger partial charge in [0.25, 0.3) is 0 Å². The van der Waals surface area contributed by atoms with E-state index in [4.69, 9.17) is 9.47 Å². The molecule has 3 aliphatic rings. The van der Waals surface area contributed by atoms with Crippen LogP contribution in [0.3, 0.4) is 0 Å². The summed E-state index contributed by atoms with van der Waals surface area (Å²) in [6, 6.07) is 0.660. The molecule has 0 aromatic carbocycles. The summed E-state index contributed by atoms with van der Waals surface area (Å²) in [6.45, 7) is 9.40. The largest absolute Gasteiger partial charge is 0.376 e. The van der Waals surface area contributed by atoms with Gasteiger partial charge in [0.2, 0.25) is 0 Å². The lowest BCUT2D eigenvalue weighted by atomic mass is 10.1. The van der Waals surface area contributed by atoms with Crippen LogP contribution in [0.2, 0.25) is 0 Å². The zero-order valence-electron chi connectivity index (χ0n) is 16.8. The van der Waals surface area contributed by atoms with Gasteiger partial charge in [0.15, 0.2) is 5.96 Å². The Bertz CT molecular complexity index is 432. The Morgan fingerprint density at radius 2 is 1.96 bits per heavy atom. The number of hydrogen-bond donors (Lipinski definition) is 1. The summed E-state index contributed by atoms with van der Waals surface area (Å²) in [4.78, 5) is 9.49. The van der Waals surface area contributed by atoms with E-state index in [9.17, 15) is 0 Å². The number of likely N-dealkylation sites (tertiary alicyclic amines) is 2. The molecule has 0 bridgehead atoms. The fourth-order valence-electron chi connectivity index (χ4n) is 4.50. The first-order valence-corrected chi connectivity index (χ1v) is 10.7. The minimum atomic E-state index is 0.323. The monoisotopic (exact) mass is 366 g/mol. The standard InChI is InChI=1S/C20H38N4O2/c1-3-23-11-6-7-17(23)15-22-20(21-2)24-12-9-18(10-13-24)26-16-19-8-4-5-14-25-19/h17-19H,3-16H2,1-2H3,(H,21,22). The van der Waals surface area contributed by atoms with Gasteiger partial charge in [0.1, 0.15) is 0 Å². The number of rotatable bonds is 6. The van der Waals surface area contributed by atoms with E-state index in [2.05, 4.69) is 27.0 Å². The quantitative estimate of drug-likeness (QED) is 0.576. The van der Waals surface area contributed by atoms with Crippen molar-refractivity contribution in [3.8, 4) is 0 Å². The van der Waals surface area contributed by atoms with Gasteiger partial charge in [-0.2, -0.15) is 0 Å². The third-order valence-electron chi connectivity index (χ3n) is 6.15. The topological polar surface area (TPSA) is 49.3 Å². The average Bonchev–Trinajstić information content (AvgIpc) is 3.16. The summed E-state index contributed by atoms with van der Waals surface area (Å²) in [5, 5.41) is 3.62. The molecule has 6 nitrogen and oxygen atoms in total. The van der Waals surface area contributed by atoms with Gasteiger partial charge in [-0.15, -0.1) is 0 Å². The Morgan fingerprint density at radius 1 is 1.12 bits per heavy atom. The van der Waals surface area contributed by atoms with E-state index in [1.807, 2.05) is 7.05 Å². The summed E-state index contributed by atoms with van der Waals surface area (Å²) in [5.74, 6) is 1.06. The van der Waals surface area contributed by atoms with Crippen LogP contribution >= 0.6 is 0 Å². The number of likely N-dealkylation sites (N-methyl/N-ethyl adjacent to an activating group) is 1. The van der Waals surface area contributed by atoms with Crippen LogP contribution < -0.4 is 5.32 Å². The lowest BCUT2D eigenvalue weighted by molar-refractivity contribution is -0.0721. The molecule has 6 heteroatoms. The third kappa shape index (κ3) is 5.57. The first kappa shape index (κ1) is 19.9. The predicted molar refractivity (Wildman–Crippen MR) is 106 cm³/mol. The van der Waals surface area contributed by atoms with E-state index in [1.165, 1.54) is 32.2 Å². The van der Waals surface area contributed by atoms with Crippen molar-refractivity contribution in [3.05, 3.63) is 0 Å². The van der Waals surface area contributed by atoms with E-state index < -0.39 is 0 Å². The summed E-state index contributed by atoms with van der Waals surface area (Å²) < 4.78 is 11.9. The Labute approximate surface area is 159 Å². The van der Waals surface area contributed by atoms with Crippen molar-refractivity contribution in [2.75, 3.05) is 53.0 Å². The van der Waals surface area contributed by atoms with Crippen molar-refractivity contribution in [1.29, 1.82) is 0 Å². The van der Waals surface area contributed by atoms with Crippen molar-refractivity contribution >= 4 is 5.96 Å². The molecule has 0 saturated carbocycles. The molecule has 3 saturated heterocycles. The summed E-state index contributed by atoms with van der Waals surface area (Å²) in [5.41, 5.74) is 0. The zero-order valence-corrected chi connectivity index (χ0v) is 16.8. The number of nitrogens with zero attached hydrogens (tertiary/aromatic N) is 3. The summed E-state index contributed by atoms with van der Waals surface area (Å²) >= 11 is 0. The molecule has 3 aliphatic heterocycles. The van der Waals surface area contributed by atoms with Gasteiger partial charge in [0, 0.05) is 39.3 Å². The van der Waals surface area contributed by atoms with Crippen molar-refractivity contribution in [1.82, 2.24) is 15.1 Å². The molecule has 0 aromatic rings. The molecule has 0 radical (unpaired) electrons. The van der Waals surface area contributed by atoms with Gasteiger partial charge in [-0.05, 0) is 58.0 Å². The molecule has 2 atom stereocenters. The van der Waals surface area contributed by atoms with Crippen LogP contribution in [-0.2, 0) is 9.47 Å². The van der Waals surface area contributed by atoms with E-state index in [0.717, 1.165) is 64.6 Å². The van der Waals surface area contributed by atoms with Gasteiger partial charge >= 0.3 is 0 Å². The average molecular weight is 367 g/mol.